The first-order valence-electron chi connectivity index (χ1n) is 15.3. The molecule has 4 heterocycles. The van der Waals surface area contributed by atoms with Gasteiger partial charge in [0.1, 0.15) is 11.5 Å². The van der Waals surface area contributed by atoms with Gasteiger partial charge in [-0.3, -0.25) is 9.98 Å². The summed E-state index contributed by atoms with van der Waals surface area (Å²) in [5.74, 6) is 2.26. The van der Waals surface area contributed by atoms with Crippen molar-refractivity contribution in [3.63, 3.8) is 0 Å². The van der Waals surface area contributed by atoms with Gasteiger partial charge in [-0.2, -0.15) is 0 Å². The molecular formula is C37H35N9O2. The van der Waals surface area contributed by atoms with E-state index in [0.717, 1.165) is 45.8 Å². The van der Waals surface area contributed by atoms with Crippen molar-refractivity contribution in [3.8, 4) is 17.1 Å². The molecule has 0 spiro atoms. The van der Waals surface area contributed by atoms with Gasteiger partial charge in [0.15, 0.2) is 0 Å². The smallest absolute Gasteiger partial charge is 0.227 e. The Morgan fingerprint density at radius 1 is 0.812 bits per heavy atom. The summed E-state index contributed by atoms with van der Waals surface area (Å²) in [7, 11) is 3.18. The first kappa shape index (κ1) is 31.6. The number of anilines is 4. The van der Waals surface area contributed by atoms with Crippen LogP contribution < -0.4 is 15.4 Å². The summed E-state index contributed by atoms with van der Waals surface area (Å²) < 4.78 is 10.3. The summed E-state index contributed by atoms with van der Waals surface area (Å²) in [4.78, 5) is 29.1. The second-order valence-corrected chi connectivity index (χ2v) is 10.8. The molecule has 0 amide bonds. The van der Waals surface area contributed by atoms with Gasteiger partial charge in [-0.25, -0.2) is 19.9 Å². The molecule has 6 aromatic rings. The summed E-state index contributed by atoms with van der Waals surface area (Å²) in [6.45, 7) is 7.32. The van der Waals surface area contributed by atoms with E-state index in [2.05, 4.69) is 77.0 Å². The lowest BCUT2D eigenvalue weighted by molar-refractivity contribution is 0.309. The fourth-order valence-electron chi connectivity index (χ4n) is 5.25. The number of nitrogens with zero attached hydrogens (tertiary/aromatic N) is 6. The fourth-order valence-corrected chi connectivity index (χ4v) is 5.25. The number of pyridine rings is 1. The molecule has 0 radical (unpaired) electrons. The average molecular weight is 638 g/mol. The number of hydrogen-bond acceptors (Lipinski definition) is 10. The van der Waals surface area contributed by atoms with Gasteiger partial charge in [0.2, 0.25) is 11.9 Å². The van der Waals surface area contributed by atoms with E-state index in [1.807, 2.05) is 48.7 Å². The quantitative estimate of drug-likeness (QED) is 0.0785. The van der Waals surface area contributed by atoms with Crippen molar-refractivity contribution < 1.29 is 9.47 Å². The largest absolute Gasteiger partial charge is 0.497 e. The molecule has 1 aliphatic rings. The van der Waals surface area contributed by atoms with Crippen molar-refractivity contribution in [2.75, 3.05) is 24.9 Å². The van der Waals surface area contributed by atoms with Crippen LogP contribution in [-0.2, 0) is 17.6 Å². The second kappa shape index (κ2) is 14.8. The minimum atomic E-state index is 0.469. The fraction of sp³-hybridized carbons (Fsp3) is 0.135. The van der Waals surface area contributed by atoms with Crippen molar-refractivity contribution in [3.05, 3.63) is 127 Å². The Kier molecular flexibility index (Phi) is 9.76. The number of allylic oxidation sites excluding steroid dienone is 1. The molecule has 1 aliphatic carbocycles. The van der Waals surface area contributed by atoms with Crippen molar-refractivity contribution in [1.29, 1.82) is 0 Å². The van der Waals surface area contributed by atoms with Crippen LogP contribution >= 0.6 is 0 Å². The van der Waals surface area contributed by atoms with Crippen molar-refractivity contribution in [1.82, 2.24) is 29.9 Å². The maximum absolute atomic E-state index is 5.25. The van der Waals surface area contributed by atoms with E-state index < -0.39 is 0 Å². The molecule has 11 heteroatoms. The molecule has 240 valence electrons. The van der Waals surface area contributed by atoms with Crippen LogP contribution in [0.25, 0.3) is 28.0 Å². The number of methoxy groups -OCH3 is 2. The predicted octanol–water partition coefficient (Wildman–Crippen LogP) is 7.68. The number of rotatable bonds is 10. The van der Waals surface area contributed by atoms with Gasteiger partial charge in [0.25, 0.3) is 0 Å². The number of ether oxygens (including phenoxy) is 2. The predicted molar refractivity (Wildman–Crippen MR) is 191 cm³/mol. The van der Waals surface area contributed by atoms with Gasteiger partial charge in [0.05, 0.1) is 37.0 Å². The number of aromatic nitrogens is 6. The number of benzene rings is 2. The number of aryl methyl sites for hydroxylation is 2. The highest BCUT2D eigenvalue weighted by molar-refractivity contribution is 5.83. The third kappa shape index (κ3) is 7.71. The SMILES string of the molecule is C=N/C(=C\C(=C)OC)c1ccnc(Nc2ccc3cc[nH]c3c2)n1.COc1ccnc(-c2ccnc(Nc3ccc4c(c3)CCC4)n2)c1. The molecule has 0 bridgehead atoms. The van der Waals surface area contributed by atoms with Crippen molar-refractivity contribution >= 4 is 46.6 Å². The Morgan fingerprint density at radius 2 is 1.56 bits per heavy atom. The highest BCUT2D eigenvalue weighted by Gasteiger charge is 2.12. The van der Waals surface area contributed by atoms with Crippen LogP contribution in [0.2, 0.25) is 0 Å². The van der Waals surface area contributed by atoms with Crippen molar-refractivity contribution in [2.24, 2.45) is 4.99 Å². The van der Waals surface area contributed by atoms with E-state index in [1.54, 1.807) is 45.0 Å². The maximum Gasteiger partial charge on any atom is 0.227 e. The Bertz CT molecular complexity index is 2100. The molecular weight excluding hydrogens is 602 g/mol. The van der Waals surface area contributed by atoms with E-state index in [1.165, 1.54) is 24.0 Å². The highest BCUT2D eigenvalue weighted by Crippen LogP contribution is 2.27. The minimum absolute atomic E-state index is 0.469. The number of H-pyrrole nitrogens is 1. The molecule has 11 nitrogen and oxygen atoms in total. The van der Waals surface area contributed by atoms with E-state index in [4.69, 9.17) is 9.47 Å². The second-order valence-electron chi connectivity index (χ2n) is 10.8. The van der Waals surface area contributed by atoms with E-state index in [0.29, 0.717) is 29.0 Å². The van der Waals surface area contributed by atoms with Gasteiger partial charge in [-0.15, -0.1) is 0 Å². The Morgan fingerprint density at radius 3 is 2.38 bits per heavy atom. The monoisotopic (exact) mass is 637 g/mol. The lowest BCUT2D eigenvalue weighted by Gasteiger charge is -2.08. The van der Waals surface area contributed by atoms with Crippen LogP contribution in [0.5, 0.6) is 5.75 Å². The van der Waals surface area contributed by atoms with Crippen LogP contribution in [0.15, 0.2) is 115 Å². The first-order chi connectivity index (χ1) is 23.5. The molecule has 3 N–H and O–H groups in total. The van der Waals surface area contributed by atoms with Gasteiger partial charge in [0, 0.05) is 53.8 Å². The highest BCUT2D eigenvalue weighted by atomic mass is 16.5. The zero-order valence-electron chi connectivity index (χ0n) is 26.8. The van der Waals surface area contributed by atoms with E-state index >= 15 is 0 Å². The number of nitrogens with one attached hydrogen (secondary N) is 3. The Hall–Kier alpha value is -6.36. The van der Waals surface area contributed by atoms with Crippen LogP contribution in [-0.4, -0.2) is 50.8 Å². The van der Waals surface area contributed by atoms with Gasteiger partial charge < -0.3 is 25.1 Å². The van der Waals surface area contributed by atoms with Crippen molar-refractivity contribution in [2.45, 2.75) is 19.3 Å². The number of hydrogen-bond donors (Lipinski definition) is 3. The molecule has 0 fully saturated rings. The molecule has 0 saturated carbocycles. The Balaban J connectivity index is 0.000000167. The lowest BCUT2D eigenvalue weighted by atomic mass is 10.1. The summed E-state index contributed by atoms with van der Waals surface area (Å²) in [5.41, 5.74) is 8.53. The molecule has 48 heavy (non-hydrogen) atoms. The topological polar surface area (TPSA) is 135 Å². The summed E-state index contributed by atoms with van der Waals surface area (Å²) in [5, 5.41) is 7.63. The van der Waals surface area contributed by atoms with Gasteiger partial charge >= 0.3 is 0 Å². The summed E-state index contributed by atoms with van der Waals surface area (Å²) in [6, 6.07) is 21.8. The van der Waals surface area contributed by atoms with Crippen LogP contribution in [0.4, 0.5) is 23.3 Å². The van der Waals surface area contributed by atoms with Crippen LogP contribution in [0, 0.1) is 0 Å². The summed E-state index contributed by atoms with van der Waals surface area (Å²) >= 11 is 0. The third-order valence-electron chi connectivity index (χ3n) is 7.70. The third-order valence-corrected chi connectivity index (χ3v) is 7.70. The number of aromatic amines is 1. The molecule has 7 rings (SSSR count). The van der Waals surface area contributed by atoms with E-state index in [9.17, 15) is 0 Å². The van der Waals surface area contributed by atoms with Crippen LogP contribution in [0.1, 0.15) is 23.2 Å². The first-order valence-corrected chi connectivity index (χ1v) is 15.3. The van der Waals surface area contributed by atoms with Crippen LogP contribution in [0.3, 0.4) is 0 Å². The van der Waals surface area contributed by atoms with Gasteiger partial charge in [-0.05, 0) is 91.0 Å². The molecule has 4 aromatic heterocycles. The standard InChI is InChI=1S/C19H18N4O.C18H17N5O/c1-24-16-7-9-20-18(12-16)17-8-10-21-19(23-17)22-15-6-5-13-3-2-4-14(13)11-15;1-12(24-3)10-17(19-2)15-7-9-21-18(23-15)22-14-5-4-13-6-8-20-16(13)11-14/h5-12H,2-4H2,1H3,(H,21,22,23);4-11,20H,1-2H2,3H3,(H,21,22,23)/b;17-10-. The minimum Gasteiger partial charge on any atom is -0.497 e. The zero-order valence-corrected chi connectivity index (χ0v) is 26.8. The maximum atomic E-state index is 5.25. The van der Waals surface area contributed by atoms with E-state index in [-0.39, 0.29) is 0 Å². The number of aliphatic imine (C=N–C) groups is 1. The molecule has 0 aliphatic heterocycles. The number of fused-ring (bicyclic) bond motifs is 2. The summed E-state index contributed by atoms with van der Waals surface area (Å²) in [6.07, 6.45) is 12.3. The average Bonchev–Trinajstić information content (AvgIpc) is 3.80. The van der Waals surface area contributed by atoms with Gasteiger partial charge in [-0.1, -0.05) is 18.7 Å². The molecule has 0 atom stereocenters. The lowest BCUT2D eigenvalue weighted by Crippen LogP contribution is -1.99. The zero-order chi connectivity index (χ0) is 33.3. The Labute approximate surface area is 278 Å². The molecule has 0 unspecified atom stereocenters. The molecule has 0 saturated heterocycles. The molecule has 2 aromatic carbocycles. The normalized spacial score (nSPS) is 12.0.